The summed E-state index contributed by atoms with van der Waals surface area (Å²) >= 11 is 1.39. The lowest BCUT2D eigenvalue weighted by Gasteiger charge is -2.11. The molecule has 2 rings (SSSR count). The number of terminal acetylenes is 1. The quantitative estimate of drug-likeness (QED) is 0.691. The van der Waals surface area contributed by atoms with Gasteiger partial charge >= 0.3 is 0 Å². The molecule has 1 aromatic heterocycles. The summed E-state index contributed by atoms with van der Waals surface area (Å²) in [6.07, 6.45) is 5.12. The van der Waals surface area contributed by atoms with Gasteiger partial charge in [0.1, 0.15) is 5.03 Å². The maximum Gasteiger partial charge on any atom is 0.234 e. The van der Waals surface area contributed by atoms with E-state index in [0.29, 0.717) is 0 Å². The van der Waals surface area contributed by atoms with E-state index in [0.717, 1.165) is 21.8 Å². The number of fused-ring (bicyclic) bond motifs is 1. The van der Waals surface area contributed by atoms with Crippen LogP contribution in [0.5, 0.6) is 0 Å². The van der Waals surface area contributed by atoms with Gasteiger partial charge in [-0.15, -0.1) is 6.42 Å². The molecule has 0 spiro atoms. The molecule has 0 saturated carbocycles. The highest BCUT2D eigenvalue weighted by molar-refractivity contribution is 8.00. The smallest absolute Gasteiger partial charge is 0.234 e. The van der Waals surface area contributed by atoms with Gasteiger partial charge in [-0.3, -0.25) is 4.79 Å². The van der Waals surface area contributed by atoms with Gasteiger partial charge in [0, 0.05) is 0 Å². The molecule has 2 aromatic rings. The molecule has 1 heterocycles. The number of carbonyl (C=O) groups is 1. The largest absolute Gasteiger partial charge is 0.344 e. The van der Waals surface area contributed by atoms with Gasteiger partial charge in [-0.1, -0.05) is 29.8 Å². The molecule has 0 aliphatic heterocycles. The third kappa shape index (κ3) is 3.28. The Morgan fingerprint density at radius 1 is 1.40 bits per heavy atom. The van der Waals surface area contributed by atoms with Crippen LogP contribution in [-0.2, 0) is 4.79 Å². The number of hydrogen-bond donors (Lipinski definition) is 1. The average molecular weight is 285 g/mol. The number of aryl methyl sites for hydroxylation is 1. The fourth-order valence-corrected chi connectivity index (χ4v) is 2.58. The lowest BCUT2D eigenvalue weighted by atomic mass is 10.3. The molecule has 0 aliphatic carbocycles. The van der Waals surface area contributed by atoms with Crippen LogP contribution in [0.4, 0.5) is 0 Å². The molecule has 1 aromatic carbocycles. The van der Waals surface area contributed by atoms with Gasteiger partial charge in [0.25, 0.3) is 0 Å². The molecule has 0 aliphatic rings. The van der Waals surface area contributed by atoms with Crippen LogP contribution in [0.25, 0.3) is 11.0 Å². The van der Waals surface area contributed by atoms with Crippen LogP contribution >= 0.6 is 11.8 Å². The normalized spacial score (nSPS) is 11.8. The van der Waals surface area contributed by atoms with Crippen molar-refractivity contribution in [3.63, 3.8) is 0 Å². The Kier molecular flexibility index (Phi) is 4.59. The van der Waals surface area contributed by atoms with Gasteiger partial charge in [-0.2, -0.15) is 0 Å². The zero-order valence-corrected chi connectivity index (χ0v) is 12.2. The van der Waals surface area contributed by atoms with E-state index >= 15 is 0 Å². The summed E-state index contributed by atoms with van der Waals surface area (Å²) in [4.78, 5) is 20.9. The van der Waals surface area contributed by atoms with Gasteiger partial charge in [0.05, 0.1) is 28.5 Å². The molecule has 0 saturated heterocycles. The van der Waals surface area contributed by atoms with Gasteiger partial charge in [0.15, 0.2) is 0 Å². The minimum atomic E-state index is -0.266. The summed E-state index contributed by atoms with van der Waals surface area (Å²) < 4.78 is 0. The van der Waals surface area contributed by atoms with Crippen molar-refractivity contribution in [2.45, 2.75) is 24.1 Å². The Labute approximate surface area is 122 Å². The predicted molar refractivity (Wildman–Crippen MR) is 81.4 cm³/mol. The molecule has 1 N–H and O–H groups in total. The number of amides is 1. The number of aromatic nitrogens is 2. The number of nitrogens with zero attached hydrogens (tertiary/aromatic N) is 2. The first-order valence-electron chi connectivity index (χ1n) is 6.23. The lowest BCUT2D eigenvalue weighted by molar-refractivity contribution is -0.120. The number of thioether (sulfide) groups is 1. The van der Waals surface area contributed by atoms with E-state index < -0.39 is 0 Å². The van der Waals surface area contributed by atoms with E-state index in [4.69, 9.17) is 6.42 Å². The van der Waals surface area contributed by atoms with E-state index in [2.05, 4.69) is 21.2 Å². The van der Waals surface area contributed by atoms with E-state index in [1.165, 1.54) is 11.8 Å². The van der Waals surface area contributed by atoms with Crippen LogP contribution in [0, 0.1) is 19.3 Å². The van der Waals surface area contributed by atoms with E-state index in [1.807, 2.05) is 38.1 Å². The summed E-state index contributed by atoms with van der Waals surface area (Å²) in [6, 6.07) is 7.69. The lowest BCUT2D eigenvalue weighted by Crippen LogP contribution is -2.31. The Morgan fingerprint density at radius 2 is 2.05 bits per heavy atom. The second kappa shape index (κ2) is 6.40. The van der Waals surface area contributed by atoms with Crippen molar-refractivity contribution in [2.24, 2.45) is 0 Å². The van der Waals surface area contributed by atoms with Crippen LogP contribution < -0.4 is 5.32 Å². The van der Waals surface area contributed by atoms with Crippen molar-refractivity contribution in [1.82, 2.24) is 15.3 Å². The Hall–Kier alpha value is -2.06. The zero-order valence-electron chi connectivity index (χ0n) is 11.4. The van der Waals surface area contributed by atoms with Crippen molar-refractivity contribution in [1.29, 1.82) is 0 Å². The van der Waals surface area contributed by atoms with E-state index in [-0.39, 0.29) is 17.7 Å². The highest BCUT2D eigenvalue weighted by Gasteiger charge is 2.16. The number of carbonyl (C=O) groups excluding carboxylic acids is 1. The molecular weight excluding hydrogens is 270 g/mol. The molecule has 1 amide bonds. The first kappa shape index (κ1) is 14.4. The summed E-state index contributed by atoms with van der Waals surface area (Å²) in [5.41, 5.74) is 2.51. The molecular formula is C15H15N3OS. The van der Waals surface area contributed by atoms with Crippen LogP contribution in [0.15, 0.2) is 29.3 Å². The standard InChI is InChI=1S/C15H15N3OS/c1-4-9-16-14(19)11(3)20-15-10(2)17-12-7-5-6-8-13(12)18-15/h1,5-8,11H,9H2,2-3H3,(H,16,19). The molecule has 102 valence electrons. The van der Waals surface area contributed by atoms with E-state index in [9.17, 15) is 4.79 Å². The first-order valence-corrected chi connectivity index (χ1v) is 7.11. The Balaban J connectivity index is 2.19. The third-order valence-electron chi connectivity index (χ3n) is 2.72. The maximum atomic E-state index is 11.8. The van der Waals surface area contributed by atoms with Gasteiger partial charge in [-0.05, 0) is 26.0 Å². The monoisotopic (exact) mass is 285 g/mol. The first-order chi connectivity index (χ1) is 9.61. The van der Waals surface area contributed by atoms with Gasteiger partial charge in [-0.25, -0.2) is 9.97 Å². The topological polar surface area (TPSA) is 54.9 Å². The fourth-order valence-electron chi connectivity index (χ4n) is 1.69. The summed E-state index contributed by atoms with van der Waals surface area (Å²) in [5.74, 6) is 2.29. The third-order valence-corrected chi connectivity index (χ3v) is 3.90. The summed E-state index contributed by atoms with van der Waals surface area (Å²) in [6.45, 7) is 3.97. The van der Waals surface area contributed by atoms with Crippen molar-refractivity contribution in [3.8, 4) is 12.3 Å². The molecule has 0 radical (unpaired) electrons. The number of nitrogens with one attached hydrogen (secondary N) is 1. The predicted octanol–water partition coefficient (Wildman–Crippen LogP) is 2.17. The van der Waals surface area contributed by atoms with Crippen molar-refractivity contribution < 1.29 is 4.79 Å². The van der Waals surface area contributed by atoms with E-state index in [1.54, 1.807) is 0 Å². The van der Waals surface area contributed by atoms with Crippen molar-refractivity contribution in [3.05, 3.63) is 30.0 Å². The van der Waals surface area contributed by atoms with Crippen LogP contribution in [0.3, 0.4) is 0 Å². The van der Waals surface area contributed by atoms with Crippen LogP contribution in [0.1, 0.15) is 12.6 Å². The van der Waals surface area contributed by atoms with Crippen molar-refractivity contribution in [2.75, 3.05) is 6.54 Å². The van der Waals surface area contributed by atoms with Gasteiger partial charge < -0.3 is 5.32 Å². The molecule has 1 atom stereocenters. The minimum Gasteiger partial charge on any atom is -0.344 e. The molecule has 0 bridgehead atoms. The number of hydrogen-bond acceptors (Lipinski definition) is 4. The second-order valence-corrected chi connectivity index (χ2v) is 5.61. The molecule has 20 heavy (non-hydrogen) atoms. The molecule has 0 fully saturated rings. The minimum absolute atomic E-state index is 0.0951. The number of rotatable bonds is 4. The summed E-state index contributed by atoms with van der Waals surface area (Å²) in [7, 11) is 0. The van der Waals surface area contributed by atoms with Crippen molar-refractivity contribution >= 4 is 28.7 Å². The molecule has 5 heteroatoms. The molecule has 1 unspecified atom stereocenters. The average Bonchev–Trinajstić information content (AvgIpc) is 2.45. The fraction of sp³-hybridized carbons (Fsp3) is 0.267. The van der Waals surface area contributed by atoms with Gasteiger partial charge in [0.2, 0.25) is 5.91 Å². The van der Waals surface area contributed by atoms with Crippen LogP contribution in [0.2, 0.25) is 0 Å². The zero-order chi connectivity index (χ0) is 14.5. The molecule has 4 nitrogen and oxygen atoms in total. The highest BCUT2D eigenvalue weighted by Crippen LogP contribution is 2.25. The maximum absolute atomic E-state index is 11.8. The second-order valence-electron chi connectivity index (χ2n) is 4.28. The number of para-hydroxylation sites is 2. The number of benzene rings is 1. The SMILES string of the molecule is C#CCNC(=O)C(C)Sc1nc2ccccc2nc1C. The Morgan fingerprint density at radius 3 is 2.70 bits per heavy atom. The highest BCUT2D eigenvalue weighted by atomic mass is 32.2. The summed E-state index contributed by atoms with van der Waals surface area (Å²) in [5, 5.41) is 3.17. The van der Waals surface area contributed by atoms with Crippen LogP contribution in [-0.4, -0.2) is 27.7 Å². The Bertz CT molecular complexity index is 678.